The minimum absolute atomic E-state index is 0.177. The predicted octanol–water partition coefficient (Wildman–Crippen LogP) is 2.38. The normalized spacial score (nSPS) is 9.95. The van der Waals surface area contributed by atoms with Crippen molar-refractivity contribution in [3.63, 3.8) is 0 Å². The van der Waals surface area contributed by atoms with Gasteiger partial charge >= 0.3 is 5.97 Å². The maximum Gasteiger partial charge on any atom is 0.312 e. The van der Waals surface area contributed by atoms with E-state index in [1.807, 2.05) is 36.4 Å². The van der Waals surface area contributed by atoms with Crippen LogP contribution in [0.3, 0.4) is 0 Å². The van der Waals surface area contributed by atoms with E-state index in [-0.39, 0.29) is 19.0 Å². The van der Waals surface area contributed by atoms with Gasteiger partial charge in [-0.25, -0.2) is 0 Å². The lowest BCUT2D eigenvalue weighted by Gasteiger charge is -2.08. The van der Waals surface area contributed by atoms with Gasteiger partial charge in [0.25, 0.3) is 0 Å². The minimum atomic E-state index is -0.301. The van der Waals surface area contributed by atoms with Crippen molar-refractivity contribution in [3.05, 3.63) is 59.9 Å². The SMILES string of the molecule is COc1ccccc1COC(=O)Cc1ccccn1. The molecule has 0 spiro atoms. The van der Waals surface area contributed by atoms with Crippen molar-refractivity contribution < 1.29 is 14.3 Å². The maximum absolute atomic E-state index is 11.7. The second-order valence-corrected chi connectivity index (χ2v) is 3.97. The Bertz CT molecular complexity index is 540. The van der Waals surface area contributed by atoms with Gasteiger partial charge < -0.3 is 9.47 Å². The van der Waals surface area contributed by atoms with E-state index >= 15 is 0 Å². The van der Waals surface area contributed by atoms with Crippen molar-refractivity contribution in [3.8, 4) is 5.75 Å². The number of esters is 1. The fourth-order valence-electron chi connectivity index (χ4n) is 1.68. The lowest BCUT2D eigenvalue weighted by molar-refractivity contribution is -0.144. The molecule has 0 saturated carbocycles. The van der Waals surface area contributed by atoms with Gasteiger partial charge in [-0.15, -0.1) is 0 Å². The molecule has 2 rings (SSSR count). The molecule has 0 saturated heterocycles. The third kappa shape index (κ3) is 3.81. The number of benzene rings is 1. The second-order valence-electron chi connectivity index (χ2n) is 3.97. The molecule has 0 atom stereocenters. The maximum atomic E-state index is 11.7. The summed E-state index contributed by atoms with van der Waals surface area (Å²) in [4.78, 5) is 15.8. The average Bonchev–Trinajstić information content (AvgIpc) is 2.46. The monoisotopic (exact) mass is 257 g/mol. The second kappa shape index (κ2) is 6.54. The van der Waals surface area contributed by atoms with Crippen LogP contribution in [0.15, 0.2) is 48.7 Å². The molecule has 0 radical (unpaired) electrons. The largest absolute Gasteiger partial charge is 0.496 e. The van der Waals surface area contributed by atoms with Crippen LogP contribution in [0.25, 0.3) is 0 Å². The summed E-state index contributed by atoms with van der Waals surface area (Å²) in [6.45, 7) is 0.204. The lowest BCUT2D eigenvalue weighted by Crippen LogP contribution is -2.09. The van der Waals surface area contributed by atoms with Gasteiger partial charge in [-0.05, 0) is 18.2 Å². The number of aromatic nitrogens is 1. The minimum Gasteiger partial charge on any atom is -0.496 e. The molecule has 0 aliphatic heterocycles. The van der Waals surface area contributed by atoms with Crippen molar-refractivity contribution in [1.82, 2.24) is 4.98 Å². The number of hydrogen-bond donors (Lipinski definition) is 0. The van der Waals surface area contributed by atoms with E-state index in [1.54, 1.807) is 19.4 Å². The summed E-state index contributed by atoms with van der Waals surface area (Å²) < 4.78 is 10.4. The van der Waals surface area contributed by atoms with Gasteiger partial charge in [-0.1, -0.05) is 24.3 Å². The van der Waals surface area contributed by atoms with Crippen molar-refractivity contribution in [2.75, 3.05) is 7.11 Å². The van der Waals surface area contributed by atoms with Crippen LogP contribution in [-0.2, 0) is 22.6 Å². The quantitative estimate of drug-likeness (QED) is 0.772. The van der Waals surface area contributed by atoms with Gasteiger partial charge in [0, 0.05) is 11.8 Å². The van der Waals surface area contributed by atoms with E-state index < -0.39 is 0 Å². The van der Waals surface area contributed by atoms with Crippen LogP contribution in [0.5, 0.6) is 5.75 Å². The molecule has 4 heteroatoms. The number of pyridine rings is 1. The molecule has 0 amide bonds. The highest BCUT2D eigenvalue weighted by Crippen LogP contribution is 2.18. The first-order valence-electron chi connectivity index (χ1n) is 5.97. The van der Waals surface area contributed by atoms with Crippen LogP contribution in [0.1, 0.15) is 11.3 Å². The van der Waals surface area contributed by atoms with Gasteiger partial charge in [0.2, 0.25) is 0 Å². The van der Waals surface area contributed by atoms with Gasteiger partial charge in [0.1, 0.15) is 12.4 Å². The first-order valence-corrected chi connectivity index (χ1v) is 5.97. The van der Waals surface area contributed by atoms with E-state index in [0.29, 0.717) is 11.4 Å². The van der Waals surface area contributed by atoms with E-state index in [1.165, 1.54) is 0 Å². The Morgan fingerprint density at radius 1 is 1.16 bits per heavy atom. The number of ether oxygens (including phenoxy) is 2. The first-order chi connectivity index (χ1) is 9.29. The number of carbonyl (C=O) groups is 1. The summed E-state index contributed by atoms with van der Waals surface area (Å²) in [6.07, 6.45) is 1.83. The van der Waals surface area contributed by atoms with Crippen LogP contribution in [0.4, 0.5) is 0 Å². The number of methoxy groups -OCH3 is 1. The van der Waals surface area contributed by atoms with Crippen LogP contribution < -0.4 is 4.74 Å². The Morgan fingerprint density at radius 3 is 2.68 bits per heavy atom. The fraction of sp³-hybridized carbons (Fsp3) is 0.200. The van der Waals surface area contributed by atoms with Gasteiger partial charge in [-0.3, -0.25) is 9.78 Å². The zero-order valence-corrected chi connectivity index (χ0v) is 10.7. The fourth-order valence-corrected chi connectivity index (χ4v) is 1.68. The van der Waals surface area contributed by atoms with Crippen LogP contribution in [0, 0.1) is 0 Å². The van der Waals surface area contributed by atoms with E-state index in [9.17, 15) is 4.79 Å². The molecule has 0 aliphatic carbocycles. The Morgan fingerprint density at radius 2 is 1.95 bits per heavy atom. The van der Waals surface area contributed by atoms with Crippen molar-refractivity contribution in [2.24, 2.45) is 0 Å². The van der Waals surface area contributed by atoms with E-state index in [4.69, 9.17) is 9.47 Å². The van der Waals surface area contributed by atoms with Gasteiger partial charge in [0.05, 0.1) is 19.2 Å². The molecule has 0 unspecified atom stereocenters. The Labute approximate surface area is 112 Å². The molecular weight excluding hydrogens is 242 g/mol. The summed E-state index contributed by atoms with van der Waals surface area (Å²) in [7, 11) is 1.59. The molecule has 98 valence electrons. The standard InChI is InChI=1S/C15H15NO3/c1-18-14-8-3-2-6-12(14)11-19-15(17)10-13-7-4-5-9-16-13/h2-9H,10-11H2,1H3. The highest BCUT2D eigenvalue weighted by Gasteiger charge is 2.08. The number of carbonyl (C=O) groups excluding carboxylic acids is 1. The van der Waals surface area contributed by atoms with Crippen LogP contribution in [-0.4, -0.2) is 18.1 Å². The molecule has 0 N–H and O–H groups in total. The summed E-state index contributed by atoms with van der Waals surface area (Å²) in [6, 6.07) is 12.9. The van der Waals surface area contributed by atoms with Crippen molar-refractivity contribution in [2.45, 2.75) is 13.0 Å². The van der Waals surface area contributed by atoms with Crippen molar-refractivity contribution >= 4 is 5.97 Å². The summed E-state index contributed by atoms with van der Waals surface area (Å²) in [5.74, 6) is 0.415. The number of para-hydroxylation sites is 1. The molecule has 4 nitrogen and oxygen atoms in total. The zero-order valence-electron chi connectivity index (χ0n) is 10.7. The Balaban J connectivity index is 1.90. The molecule has 1 aromatic heterocycles. The molecule has 2 aromatic rings. The molecule has 1 aromatic carbocycles. The highest BCUT2D eigenvalue weighted by atomic mass is 16.5. The Kier molecular flexibility index (Phi) is 4.50. The third-order valence-electron chi connectivity index (χ3n) is 2.63. The molecule has 19 heavy (non-hydrogen) atoms. The number of hydrogen-bond acceptors (Lipinski definition) is 4. The van der Waals surface area contributed by atoms with Crippen molar-refractivity contribution in [1.29, 1.82) is 0 Å². The van der Waals surface area contributed by atoms with E-state index in [2.05, 4.69) is 4.98 Å². The van der Waals surface area contributed by atoms with Crippen LogP contribution >= 0.6 is 0 Å². The molecule has 0 fully saturated rings. The predicted molar refractivity (Wildman–Crippen MR) is 70.7 cm³/mol. The van der Waals surface area contributed by atoms with Crippen LogP contribution in [0.2, 0.25) is 0 Å². The number of rotatable bonds is 5. The Hall–Kier alpha value is -2.36. The first kappa shape index (κ1) is 13.1. The molecule has 1 heterocycles. The third-order valence-corrected chi connectivity index (χ3v) is 2.63. The number of nitrogens with zero attached hydrogens (tertiary/aromatic N) is 1. The van der Waals surface area contributed by atoms with Gasteiger partial charge in [-0.2, -0.15) is 0 Å². The average molecular weight is 257 g/mol. The summed E-state index contributed by atoms with van der Waals surface area (Å²) >= 11 is 0. The lowest BCUT2D eigenvalue weighted by atomic mass is 10.2. The summed E-state index contributed by atoms with van der Waals surface area (Å²) in [5.41, 5.74) is 1.55. The molecular formula is C15H15NO3. The smallest absolute Gasteiger partial charge is 0.312 e. The topological polar surface area (TPSA) is 48.4 Å². The van der Waals surface area contributed by atoms with Gasteiger partial charge in [0.15, 0.2) is 0 Å². The molecule has 0 aliphatic rings. The zero-order chi connectivity index (χ0) is 13.5. The summed E-state index contributed by atoms with van der Waals surface area (Å²) in [5, 5.41) is 0. The molecule has 0 bridgehead atoms. The highest BCUT2D eigenvalue weighted by molar-refractivity contribution is 5.72. The van der Waals surface area contributed by atoms with E-state index in [0.717, 1.165) is 5.56 Å².